The van der Waals surface area contributed by atoms with E-state index in [1.165, 1.54) is 8.83 Å². The van der Waals surface area contributed by atoms with Crippen LogP contribution in [0.5, 0.6) is 0 Å². The molecule has 2 rings (SSSR count). The Morgan fingerprint density at radius 3 is 1.54 bits per heavy atom. The van der Waals surface area contributed by atoms with Crippen molar-refractivity contribution in [2.75, 3.05) is 26.4 Å². The summed E-state index contributed by atoms with van der Waals surface area (Å²) in [5.41, 5.74) is 34.8. The molecule has 2 aliphatic heterocycles. The Labute approximate surface area is 135 Å². The van der Waals surface area contributed by atoms with E-state index in [1.54, 1.807) is 0 Å². The van der Waals surface area contributed by atoms with Gasteiger partial charge in [-0.15, -0.1) is 0 Å². The molecule has 0 fully saturated rings. The van der Waals surface area contributed by atoms with Gasteiger partial charge in [-0.05, 0) is 22.1 Å². The molecule has 16 nitrogen and oxygen atoms in total. The van der Waals surface area contributed by atoms with Gasteiger partial charge in [0.25, 0.3) is 0 Å². The van der Waals surface area contributed by atoms with Crippen molar-refractivity contribution in [1.29, 1.82) is 0 Å². The van der Waals surface area contributed by atoms with E-state index in [1.807, 2.05) is 0 Å². The highest BCUT2D eigenvalue weighted by atomic mass is 32.2. The predicted molar refractivity (Wildman–Crippen MR) is 87.2 cm³/mol. The van der Waals surface area contributed by atoms with Crippen LogP contribution in [0.4, 0.5) is 0 Å². The van der Waals surface area contributed by atoms with Crippen molar-refractivity contribution >= 4 is 27.1 Å². The largest absolute Gasteiger partial charge is 0.219 e. The van der Waals surface area contributed by atoms with Crippen molar-refractivity contribution in [3.63, 3.8) is 0 Å². The van der Waals surface area contributed by atoms with E-state index in [4.69, 9.17) is 22.1 Å². The lowest BCUT2D eigenvalue weighted by Gasteiger charge is -2.23. The molecule has 24 heavy (non-hydrogen) atoms. The van der Waals surface area contributed by atoms with Crippen molar-refractivity contribution in [1.82, 2.24) is 8.83 Å². The van der Waals surface area contributed by atoms with E-state index in [-0.39, 0.29) is 26.4 Å². The second kappa shape index (κ2) is 8.14. The first-order chi connectivity index (χ1) is 11.8. The van der Waals surface area contributed by atoms with Gasteiger partial charge in [0.05, 0.1) is 29.4 Å². The van der Waals surface area contributed by atoms with Gasteiger partial charge >= 0.3 is 0 Å². The van der Waals surface area contributed by atoms with Crippen LogP contribution >= 0.6 is 10.9 Å². The minimum Gasteiger partial charge on any atom is -0.219 e. The predicted octanol–water partition coefficient (Wildman–Crippen LogP) is 2.76. The molecule has 0 aliphatic carbocycles. The molecule has 0 aromatic rings. The molecule has 0 radical (unpaired) electrons. The molecular weight excluding hydrogens is 340 g/mol. The summed E-state index contributed by atoms with van der Waals surface area (Å²) in [7, 11) is -0.934. The normalized spacial score (nSPS) is 17.7. The van der Waals surface area contributed by atoms with Gasteiger partial charge in [-0.3, -0.25) is 0 Å². The Bertz CT molecular complexity index is 743. The number of rotatable bonds is 8. The quantitative estimate of drug-likeness (QED) is 0.279. The Balaban J connectivity index is 2.46. The van der Waals surface area contributed by atoms with Gasteiger partial charge in [0.2, 0.25) is 0 Å². The van der Waals surface area contributed by atoms with Crippen molar-refractivity contribution in [2.24, 2.45) is 30.7 Å². The van der Waals surface area contributed by atoms with E-state index < -0.39 is 10.9 Å². The van der Waals surface area contributed by atoms with E-state index in [2.05, 4.69) is 50.3 Å². The average molecular weight is 348 g/mol. The second-order valence-electron chi connectivity index (χ2n) is 3.91. The highest BCUT2D eigenvalue weighted by molar-refractivity contribution is 8.14. The molecule has 0 aromatic carbocycles. The van der Waals surface area contributed by atoms with Gasteiger partial charge in [-0.1, -0.05) is 20.5 Å². The lowest BCUT2D eigenvalue weighted by Crippen LogP contribution is -2.24. The van der Waals surface area contributed by atoms with Crippen molar-refractivity contribution in [3.8, 4) is 0 Å². The molecule has 122 valence electrons. The molecule has 0 atom stereocenters. The van der Waals surface area contributed by atoms with Crippen LogP contribution in [0.15, 0.2) is 30.7 Å². The Morgan fingerprint density at radius 2 is 1.17 bits per heavy atom. The first kappa shape index (κ1) is 16.8. The van der Waals surface area contributed by atoms with Crippen LogP contribution in [-0.4, -0.2) is 51.5 Å². The zero-order chi connectivity index (χ0) is 17.4. The first-order valence-corrected chi connectivity index (χ1v) is 7.26. The van der Waals surface area contributed by atoms with Crippen molar-refractivity contribution in [2.45, 2.75) is 0 Å². The lowest BCUT2D eigenvalue weighted by molar-refractivity contribution is 0.449. The Hall–Kier alpha value is -3.60. The molecule has 0 saturated carbocycles. The molecule has 0 amide bonds. The number of nitrogens with zero attached hydrogens (tertiary/aromatic N) is 16. The van der Waals surface area contributed by atoms with Crippen LogP contribution in [-0.2, 0) is 0 Å². The number of azide groups is 4. The highest BCUT2D eigenvalue weighted by Crippen LogP contribution is 2.37. The summed E-state index contributed by atoms with van der Waals surface area (Å²) >= 11 is 0. The molecule has 0 unspecified atom stereocenters. The standard InChI is InChI=1S/C7H8N16S/c8-18-12-1-5-7-6(2-13-19-9)17-23(4-15-21-11)24(7)22(16-5)3-14-20-10/h1-4H2. The van der Waals surface area contributed by atoms with Gasteiger partial charge in [0.1, 0.15) is 13.3 Å². The van der Waals surface area contributed by atoms with E-state index in [9.17, 15) is 0 Å². The fourth-order valence-corrected chi connectivity index (χ4v) is 3.82. The minimum absolute atomic E-state index is 0.0489. The summed E-state index contributed by atoms with van der Waals surface area (Å²) in [5.74, 6) is 0. The third-order valence-corrected chi connectivity index (χ3v) is 4.66. The molecule has 0 saturated heterocycles. The number of hydrogen-bond acceptors (Lipinski definition) is 8. The minimum atomic E-state index is -0.934. The van der Waals surface area contributed by atoms with Crippen molar-refractivity contribution < 1.29 is 0 Å². The first-order valence-electron chi connectivity index (χ1n) is 6.12. The molecular formula is C7H8N16S. The lowest BCUT2D eigenvalue weighted by atomic mass is 10.2. The van der Waals surface area contributed by atoms with Gasteiger partial charge in [0.15, 0.2) is 0 Å². The van der Waals surface area contributed by atoms with Crippen LogP contribution in [0, 0.1) is 0 Å². The summed E-state index contributed by atoms with van der Waals surface area (Å²) < 4.78 is 2.88. The second-order valence-corrected chi connectivity index (χ2v) is 5.69. The number of hydrazone groups is 2. The third kappa shape index (κ3) is 3.41. The molecule has 0 spiro atoms. The monoisotopic (exact) mass is 348 g/mol. The van der Waals surface area contributed by atoms with E-state index >= 15 is 0 Å². The summed E-state index contributed by atoms with van der Waals surface area (Å²) in [4.78, 5) is 11.3. The zero-order valence-corrected chi connectivity index (χ0v) is 12.7. The van der Waals surface area contributed by atoms with Crippen LogP contribution < -0.4 is 0 Å². The maximum atomic E-state index is 8.50. The van der Waals surface area contributed by atoms with E-state index in [0.29, 0.717) is 16.3 Å². The Morgan fingerprint density at radius 1 is 0.750 bits per heavy atom. The smallest absolute Gasteiger partial charge is 0.128 e. The summed E-state index contributed by atoms with van der Waals surface area (Å²) in [5, 5.41) is 22.4. The molecule has 0 N–H and O–H groups in total. The SMILES string of the molecule is [N-]=[N+]=NCC1=NN(CN=[N+]=[N-])S2=C1C(CN=[N+]=[N-])=NN2CN=[N+]=[N-]. The summed E-state index contributed by atoms with van der Waals surface area (Å²) in [6.07, 6.45) is 0. The van der Waals surface area contributed by atoms with Crippen LogP contribution in [0.3, 0.4) is 0 Å². The summed E-state index contributed by atoms with van der Waals surface area (Å²) in [6.45, 7) is -0.292. The fraction of sp³-hybridized carbons (Fsp3) is 0.571. The summed E-state index contributed by atoms with van der Waals surface area (Å²) in [6, 6.07) is 0. The van der Waals surface area contributed by atoms with Crippen LogP contribution in [0.2, 0.25) is 0 Å². The highest BCUT2D eigenvalue weighted by Gasteiger charge is 2.36. The maximum absolute atomic E-state index is 8.50. The molecule has 17 heteroatoms. The van der Waals surface area contributed by atoms with Gasteiger partial charge in [-0.2, -0.15) is 10.2 Å². The van der Waals surface area contributed by atoms with Crippen LogP contribution in [0.25, 0.3) is 41.8 Å². The maximum Gasteiger partial charge on any atom is 0.128 e. The van der Waals surface area contributed by atoms with Gasteiger partial charge in [-0.25, -0.2) is 8.83 Å². The molecule has 0 aromatic heterocycles. The molecule has 0 bridgehead atoms. The van der Waals surface area contributed by atoms with Gasteiger partial charge in [0, 0.05) is 30.5 Å². The Kier molecular flexibility index (Phi) is 5.69. The van der Waals surface area contributed by atoms with Gasteiger partial charge < -0.3 is 0 Å². The number of hydrogen-bond donors (Lipinski definition) is 0. The molecule has 2 aliphatic rings. The topological polar surface area (TPSA) is 226 Å². The van der Waals surface area contributed by atoms with E-state index in [0.717, 1.165) is 0 Å². The van der Waals surface area contributed by atoms with Crippen molar-refractivity contribution in [3.05, 3.63) is 41.8 Å². The van der Waals surface area contributed by atoms with Crippen LogP contribution in [0.1, 0.15) is 0 Å². The average Bonchev–Trinajstić information content (AvgIpc) is 3.13. The third-order valence-electron chi connectivity index (χ3n) is 2.63. The fourth-order valence-electron chi connectivity index (χ4n) is 1.88. The molecule has 2 heterocycles. The zero-order valence-electron chi connectivity index (χ0n) is 11.9.